The van der Waals surface area contributed by atoms with Crippen LogP contribution in [0.1, 0.15) is 35.3 Å². The molecule has 1 aliphatic carbocycles. The molecular formula is C9H13N3O. The highest BCUT2D eigenvalue weighted by molar-refractivity contribution is 5.32. The van der Waals surface area contributed by atoms with E-state index in [2.05, 4.69) is 9.97 Å². The Kier molecular flexibility index (Phi) is 2.01. The summed E-state index contributed by atoms with van der Waals surface area (Å²) in [6.07, 6.45) is 1.18. The topological polar surface area (TPSA) is 72.0 Å². The van der Waals surface area contributed by atoms with Crippen LogP contribution < -0.4 is 5.73 Å². The van der Waals surface area contributed by atoms with Gasteiger partial charge in [0.25, 0.3) is 0 Å². The van der Waals surface area contributed by atoms with E-state index in [1.54, 1.807) is 0 Å². The summed E-state index contributed by atoms with van der Waals surface area (Å²) in [6.45, 7) is 2.23. The van der Waals surface area contributed by atoms with E-state index in [4.69, 9.17) is 5.73 Å². The fourth-order valence-electron chi connectivity index (χ4n) is 1.85. The number of nitrogens with zero attached hydrogens (tertiary/aromatic N) is 2. The summed E-state index contributed by atoms with van der Waals surface area (Å²) in [7, 11) is 0. The van der Waals surface area contributed by atoms with Gasteiger partial charge >= 0.3 is 0 Å². The predicted molar refractivity (Wildman–Crippen MR) is 47.9 cm³/mol. The highest BCUT2D eigenvalue weighted by Gasteiger charge is 2.25. The first-order chi connectivity index (χ1) is 6.22. The quantitative estimate of drug-likeness (QED) is 0.647. The molecule has 0 saturated heterocycles. The van der Waals surface area contributed by atoms with Crippen LogP contribution in [0.25, 0.3) is 0 Å². The zero-order chi connectivity index (χ0) is 9.42. The Morgan fingerprint density at radius 1 is 1.54 bits per heavy atom. The van der Waals surface area contributed by atoms with Gasteiger partial charge in [0.1, 0.15) is 5.82 Å². The molecule has 1 atom stereocenters. The van der Waals surface area contributed by atoms with E-state index in [1.165, 1.54) is 0 Å². The molecule has 3 N–H and O–H groups in total. The normalized spacial score (nSPS) is 20.4. The smallest absolute Gasteiger partial charge is 0.125 e. The van der Waals surface area contributed by atoms with Gasteiger partial charge in [-0.15, -0.1) is 0 Å². The molecule has 2 rings (SSSR count). The zero-order valence-corrected chi connectivity index (χ0v) is 7.62. The summed E-state index contributed by atoms with van der Waals surface area (Å²) < 4.78 is 0. The van der Waals surface area contributed by atoms with Crippen molar-refractivity contribution in [3.8, 4) is 0 Å². The minimum Gasteiger partial charge on any atom is -0.388 e. The van der Waals surface area contributed by atoms with Gasteiger partial charge in [0, 0.05) is 12.1 Å². The van der Waals surface area contributed by atoms with E-state index in [9.17, 15) is 5.11 Å². The zero-order valence-electron chi connectivity index (χ0n) is 7.62. The number of aromatic nitrogens is 2. The van der Waals surface area contributed by atoms with E-state index in [0.29, 0.717) is 6.54 Å². The number of hydrogen-bond donors (Lipinski definition) is 2. The van der Waals surface area contributed by atoms with E-state index in [1.807, 2.05) is 6.92 Å². The Labute approximate surface area is 76.8 Å². The lowest BCUT2D eigenvalue weighted by Crippen LogP contribution is -2.09. The monoisotopic (exact) mass is 179 g/mol. The minimum absolute atomic E-state index is 0.378. The van der Waals surface area contributed by atoms with Crippen LogP contribution in [0, 0.1) is 6.92 Å². The molecule has 4 nitrogen and oxygen atoms in total. The molecule has 0 aromatic carbocycles. The third-order valence-corrected chi connectivity index (χ3v) is 2.40. The standard InChI is InChI=1S/C9H13N3O/c1-5-11-6-2-3-8(13)9(6)7(4-10)12-5/h8,13H,2-4,10H2,1H3. The van der Waals surface area contributed by atoms with Gasteiger partial charge in [0.05, 0.1) is 17.5 Å². The van der Waals surface area contributed by atoms with Gasteiger partial charge in [-0.25, -0.2) is 9.97 Å². The van der Waals surface area contributed by atoms with E-state index >= 15 is 0 Å². The molecule has 1 aliphatic rings. The third-order valence-electron chi connectivity index (χ3n) is 2.40. The van der Waals surface area contributed by atoms with Gasteiger partial charge in [0.15, 0.2) is 0 Å². The number of aryl methyl sites for hydroxylation is 2. The Morgan fingerprint density at radius 2 is 2.31 bits per heavy atom. The average molecular weight is 179 g/mol. The van der Waals surface area contributed by atoms with E-state index < -0.39 is 6.10 Å². The molecule has 0 bridgehead atoms. The van der Waals surface area contributed by atoms with Gasteiger partial charge < -0.3 is 10.8 Å². The molecule has 70 valence electrons. The van der Waals surface area contributed by atoms with Crippen molar-refractivity contribution in [2.75, 3.05) is 0 Å². The molecule has 13 heavy (non-hydrogen) atoms. The van der Waals surface area contributed by atoms with Crippen LogP contribution in [0.5, 0.6) is 0 Å². The summed E-state index contributed by atoms with van der Waals surface area (Å²) in [4.78, 5) is 8.50. The van der Waals surface area contributed by atoms with Crippen LogP contribution in [0.15, 0.2) is 0 Å². The fourth-order valence-corrected chi connectivity index (χ4v) is 1.85. The van der Waals surface area contributed by atoms with E-state index in [0.717, 1.165) is 35.6 Å². The lowest BCUT2D eigenvalue weighted by Gasteiger charge is -2.08. The van der Waals surface area contributed by atoms with Gasteiger partial charge in [-0.05, 0) is 19.8 Å². The fraction of sp³-hybridized carbons (Fsp3) is 0.556. The Morgan fingerprint density at radius 3 is 3.00 bits per heavy atom. The first kappa shape index (κ1) is 8.59. The maximum absolute atomic E-state index is 9.65. The van der Waals surface area contributed by atoms with Crippen LogP contribution >= 0.6 is 0 Å². The Balaban J connectivity index is 2.57. The Bertz CT molecular complexity index is 338. The van der Waals surface area contributed by atoms with Crippen LogP contribution in [0.2, 0.25) is 0 Å². The second-order valence-electron chi connectivity index (χ2n) is 3.34. The van der Waals surface area contributed by atoms with Gasteiger partial charge in [-0.3, -0.25) is 0 Å². The van der Waals surface area contributed by atoms with Crippen molar-refractivity contribution >= 4 is 0 Å². The van der Waals surface area contributed by atoms with E-state index in [-0.39, 0.29) is 0 Å². The average Bonchev–Trinajstić information content (AvgIpc) is 2.46. The summed E-state index contributed by atoms with van der Waals surface area (Å²) in [5.74, 6) is 0.744. The number of rotatable bonds is 1. The van der Waals surface area contributed by atoms with Crippen molar-refractivity contribution in [1.29, 1.82) is 0 Å². The summed E-state index contributed by atoms with van der Waals surface area (Å²) >= 11 is 0. The predicted octanol–water partition coefficient (Wildman–Crippen LogP) is 0.223. The lowest BCUT2D eigenvalue weighted by molar-refractivity contribution is 0.178. The van der Waals surface area contributed by atoms with Crippen molar-refractivity contribution in [1.82, 2.24) is 9.97 Å². The molecule has 0 fully saturated rings. The molecule has 0 saturated carbocycles. The van der Waals surface area contributed by atoms with Crippen molar-refractivity contribution in [2.24, 2.45) is 5.73 Å². The van der Waals surface area contributed by atoms with Crippen molar-refractivity contribution < 1.29 is 5.11 Å². The summed E-state index contributed by atoms with van der Waals surface area (Å²) in [5.41, 5.74) is 8.19. The molecule has 1 heterocycles. The van der Waals surface area contributed by atoms with Crippen molar-refractivity contribution in [3.63, 3.8) is 0 Å². The van der Waals surface area contributed by atoms with Crippen molar-refractivity contribution in [3.05, 3.63) is 22.8 Å². The first-order valence-corrected chi connectivity index (χ1v) is 4.46. The molecule has 0 amide bonds. The van der Waals surface area contributed by atoms with Gasteiger partial charge in [0.2, 0.25) is 0 Å². The number of nitrogens with two attached hydrogens (primary N) is 1. The Hall–Kier alpha value is -1.00. The van der Waals surface area contributed by atoms with Crippen molar-refractivity contribution in [2.45, 2.75) is 32.4 Å². The second-order valence-corrected chi connectivity index (χ2v) is 3.34. The van der Waals surface area contributed by atoms with Crippen LogP contribution in [-0.2, 0) is 13.0 Å². The summed E-state index contributed by atoms with van der Waals surface area (Å²) in [6, 6.07) is 0. The second kappa shape index (κ2) is 3.05. The number of aliphatic hydroxyl groups is 1. The highest BCUT2D eigenvalue weighted by atomic mass is 16.3. The highest BCUT2D eigenvalue weighted by Crippen LogP contribution is 2.31. The van der Waals surface area contributed by atoms with Crippen LogP contribution in [0.4, 0.5) is 0 Å². The molecule has 1 aromatic rings. The SMILES string of the molecule is Cc1nc(CN)c2c(n1)CCC2O. The molecule has 1 aromatic heterocycles. The van der Waals surface area contributed by atoms with Gasteiger partial charge in [-0.1, -0.05) is 0 Å². The maximum Gasteiger partial charge on any atom is 0.125 e. The van der Waals surface area contributed by atoms with Gasteiger partial charge in [-0.2, -0.15) is 0 Å². The lowest BCUT2D eigenvalue weighted by atomic mass is 10.1. The van der Waals surface area contributed by atoms with Crippen LogP contribution in [0.3, 0.4) is 0 Å². The molecule has 0 spiro atoms. The maximum atomic E-state index is 9.65. The number of fused-ring (bicyclic) bond motifs is 1. The number of hydrogen-bond acceptors (Lipinski definition) is 4. The van der Waals surface area contributed by atoms with Crippen LogP contribution in [-0.4, -0.2) is 15.1 Å². The third kappa shape index (κ3) is 1.32. The largest absolute Gasteiger partial charge is 0.388 e. The molecule has 4 heteroatoms. The molecule has 1 unspecified atom stereocenters. The molecular weight excluding hydrogens is 166 g/mol. The number of aliphatic hydroxyl groups excluding tert-OH is 1. The first-order valence-electron chi connectivity index (χ1n) is 4.46. The summed E-state index contributed by atoms with van der Waals surface area (Å²) in [5, 5.41) is 9.65. The molecule has 0 aliphatic heterocycles. The minimum atomic E-state index is -0.408. The molecule has 0 radical (unpaired) electrons.